The second-order valence-electron chi connectivity index (χ2n) is 4.25. The van der Waals surface area contributed by atoms with Gasteiger partial charge in [0.15, 0.2) is 5.69 Å². The molecule has 0 aromatic carbocycles. The molecule has 20 heavy (non-hydrogen) atoms. The molecular weight excluding hydrogens is 262 g/mol. The molecule has 8 heteroatoms. The molecule has 0 spiro atoms. The number of aryl methyl sites for hydroxylation is 2. The number of nitrogens with zero attached hydrogens (tertiary/aromatic N) is 4. The zero-order chi connectivity index (χ0) is 14.5. The third-order valence-electron chi connectivity index (χ3n) is 2.68. The second kappa shape index (κ2) is 6.00. The first-order chi connectivity index (χ1) is 9.58. The summed E-state index contributed by atoms with van der Waals surface area (Å²) in [4.78, 5) is 22.9. The van der Waals surface area contributed by atoms with Crippen molar-refractivity contribution in [3.63, 3.8) is 0 Å². The Morgan fingerprint density at radius 1 is 1.45 bits per heavy atom. The van der Waals surface area contributed by atoms with Gasteiger partial charge in [-0.1, -0.05) is 0 Å². The molecule has 0 aliphatic carbocycles. The van der Waals surface area contributed by atoms with Crippen LogP contribution in [0.1, 0.15) is 27.3 Å². The van der Waals surface area contributed by atoms with Crippen LogP contribution in [-0.2, 0) is 13.6 Å². The molecule has 2 N–H and O–H groups in total. The highest BCUT2D eigenvalue weighted by atomic mass is 16.4. The van der Waals surface area contributed by atoms with E-state index < -0.39 is 11.9 Å². The lowest BCUT2D eigenvalue weighted by Crippen LogP contribution is -2.26. The van der Waals surface area contributed by atoms with Crippen molar-refractivity contribution in [2.75, 3.05) is 6.54 Å². The normalized spacial score (nSPS) is 10.4. The average molecular weight is 277 g/mol. The summed E-state index contributed by atoms with van der Waals surface area (Å²) in [5, 5.41) is 19.4. The van der Waals surface area contributed by atoms with Crippen LogP contribution in [0.5, 0.6) is 0 Å². The van der Waals surface area contributed by atoms with Gasteiger partial charge in [-0.3, -0.25) is 14.2 Å². The van der Waals surface area contributed by atoms with Crippen LogP contribution in [-0.4, -0.2) is 43.1 Å². The molecule has 0 aliphatic heterocycles. The molecule has 1 amide bonds. The van der Waals surface area contributed by atoms with Crippen LogP contribution in [0.2, 0.25) is 0 Å². The lowest BCUT2D eigenvalue weighted by Gasteiger charge is -2.04. The average Bonchev–Trinajstić information content (AvgIpc) is 3.03. The Morgan fingerprint density at radius 3 is 2.90 bits per heavy atom. The SMILES string of the molecule is Cn1cc(C(=O)NCCCn2cccn2)c(C(=O)O)n1. The first-order valence-electron chi connectivity index (χ1n) is 6.10. The van der Waals surface area contributed by atoms with Gasteiger partial charge in [0.25, 0.3) is 5.91 Å². The van der Waals surface area contributed by atoms with Gasteiger partial charge in [-0.05, 0) is 12.5 Å². The van der Waals surface area contributed by atoms with Crippen molar-refractivity contribution in [1.29, 1.82) is 0 Å². The Morgan fingerprint density at radius 2 is 2.25 bits per heavy atom. The quantitative estimate of drug-likeness (QED) is 0.731. The van der Waals surface area contributed by atoms with Gasteiger partial charge in [0, 0.05) is 38.7 Å². The molecule has 2 aromatic rings. The summed E-state index contributed by atoms with van der Waals surface area (Å²) in [7, 11) is 1.57. The number of hydrogen-bond donors (Lipinski definition) is 2. The number of aromatic nitrogens is 4. The Kier molecular flexibility index (Phi) is 4.14. The summed E-state index contributed by atoms with van der Waals surface area (Å²) in [6.45, 7) is 1.12. The minimum absolute atomic E-state index is 0.0686. The molecule has 0 fully saturated rings. The van der Waals surface area contributed by atoms with Crippen molar-refractivity contribution in [1.82, 2.24) is 24.9 Å². The number of hydrogen-bond acceptors (Lipinski definition) is 4. The Bertz CT molecular complexity index is 603. The van der Waals surface area contributed by atoms with Crippen LogP contribution in [0.3, 0.4) is 0 Å². The number of carboxylic acids is 1. The van der Waals surface area contributed by atoms with Crippen LogP contribution in [0.4, 0.5) is 0 Å². The smallest absolute Gasteiger partial charge is 0.357 e. The Labute approximate surface area is 115 Å². The monoisotopic (exact) mass is 277 g/mol. The molecule has 0 radical (unpaired) electrons. The van der Waals surface area contributed by atoms with E-state index in [1.54, 1.807) is 17.9 Å². The van der Waals surface area contributed by atoms with E-state index in [4.69, 9.17) is 5.11 Å². The van der Waals surface area contributed by atoms with Gasteiger partial charge >= 0.3 is 5.97 Å². The highest BCUT2D eigenvalue weighted by Gasteiger charge is 2.20. The van der Waals surface area contributed by atoms with Crippen LogP contribution in [0.15, 0.2) is 24.7 Å². The number of carbonyl (C=O) groups is 2. The van der Waals surface area contributed by atoms with E-state index in [0.29, 0.717) is 19.5 Å². The molecule has 2 aromatic heterocycles. The minimum Gasteiger partial charge on any atom is -0.476 e. The van der Waals surface area contributed by atoms with Crippen LogP contribution in [0.25, 0.3) is 0 Å². The number of amides is 1. The topological polar surface area (TPSA) is 102 Å². The Balaban J connectivity index is 1.87. The van der Waals surface area contributed by atoms with E-state index in [0.717, 1.165) is 0 Å². The third-order valence-corrected chi connectivity index (χ3v) is 2.68. The predicted octanol–water partition coefficient (Wildman–Crippen LogP) is 0.135. The fourth-order valence-electron chi connectivity index (χ4n) is 1.78. The fraction of sp³-hybridized carbons (Fsp3) is 0.333. The summed E-state index contributed by atoms with van der Waals surface area (Å²) in [5.41, 5.74) is -0.170. The van der Waals surface area contributed by atoms with Crippen LogP contribution < -0.4 is 5.32 Å². The van der Waals surface area contributed by atoms with Crippen molar-refractivity contribution in [3.05, 3.63) is 35.9 Å². The highest BCUT2D eigenvalue weighted by molar-refractivity contribution is 6.03. The van der Waals surface area contributed by atoms with Crippen molar-refractivity contribution in [2.45, 2.75) is 13.0 Å². The van der Waals surface area contributed by atoms with E-state index >= 15 is 0 Å². The summed E-state index contributed by atoms with van der Waals surface area (Å²) in [5.74, 6) is -1.65. The maximum absolute atomic E-state index is 11.9. The maximum atomic E-state index is 11.9. The predicted molar refractivity (Wildman–Crippen MR) is 69.3 cm³/mol. The molecule has 2 heterocycles. The Hall–Kier alpha value is -2.64. The molecule has 0 unspecified atom stereocenters. The van der Waals surface area contributed by atoms with E-state index in [2.05, 4.69) is 15.5 Å². The fourth-order valence-corrected chi connectivity index (χ4v) is 1.78. The number of rotatable bonds is 6. The molecule has 8 nitrogen and oxygen atoms in total. The van der Waals surface area contributed by atoms with Crippen molar-refractivity contribution in [3.8, 4) is 0 Å². The van der Waals surface area contributed by atoms with Gasteiger partial charge in [-0.2, -0.15) is 10.2 Å². The lowest BCUT2D eigenvalue weighted by molar-refractivity contribution is 0.0684. The molecular formula is C12H15N5O3. The molecule has 0 saturated heterocycles. The van der Waals surface area contributed by atoms with Gasteiger partial charge in [0.1, 0.15) is 0 Å². The lowest BCUT2D eigenvalue weighted by atomic mass is 10.2. The van der Waals surface area contributed by atoms with Crippen molar-refractivity contribution >= 4 is 11.9 Å². The number of carbonyl (C=O) groups excluding carboxylic acids is 1. The standard InChI is InChI=1S/C12H15N5O3/c1-16-8-9(10(15-16)12(19)20)11(18)13-4-2-6-17-7-3-5-14-17/h3,5,7-8H,2,4,6H2,1H3,(H,13,18)(H,19,20). The number of aromatic carboxylic acids is 1. The molecule has 2 rings (SSSR count). The highest BCUT2D eigenvalue weighted by Crippen LogP contribution is 2.06. The van der Waals surface area contributed by atoms with Gasteiger partial charge in [0.2, 0.25) is 0 Å². The second-order valence-corrected chi connectivity index (χ2v) is 4.25. The summed E-state index contributed by atoms with van der Waals surface area (Å²) in [6, 6.07) is 1.83. The largest absolute Gasteiger partial charge is 0.476 e. The van der Waals surface area contributed by atoms with Gasteiger partial charge in [-0.15, -0.1) is 0 Å². The maximum Gasteiger partial charge on any atom is 0.357 e. The molecule has 0 atom stereocenters. The number of nitrogens with one attached hydrogen (secondary N) is 1. The number of carboxylic acid groups (broad SMARTS) is 1. The van der Waals surface area contributed by atoms with Gasteiger partial charge < -0.3 is 10.4 Å². The van der Waals surface area contributed by atoms with Crippen LogP contribution >= 0.6 is 0 Å². The van der Waals surface area contributed by atoms with Crippen molar-refractivity contribution in [2.24, 2.45) is 7.05 Å². The van der Waals surface area contributed by atoms with Crippen LogP contribution in [0, 0.1) is 0 Å². The van der Waals surface area contributed by atoms with E-state index in [9.17, 15) is 9.59 Å². The van der Waals surface area contributed by atoms with Gasteiger partial charge in [0.05, 0.1) is 5.56 Å². The van der Waals surface area contributed by atoms with Crippen molar-refractivity contribution < 1.29 is 14.7 Å². The first-order valence-corrected chi connectivity index (χ1v) is 6.10. The minimum atomic E-state index is -1.22. The molecule has 0 aliphatic rings. The van der Waals surface area contributed by atoms with E-state index in [1.807, 2.05) is 12.3 Å². The van der Waals surface area contributed by atoms with E-state index in [1.165, 1.54) is 10.9 Å². The summed E-state index contributed by atoms with van der Waals surface area (Å²) in [6.07, 6.45) is 5.63. The zero-order valence-corrected chi connectivity index (χ0v) is 11.0. The first kappa shape index (κ1) is 13.8. The third kappa shape index (κ3) is 3.22. The zero-order valence-electron chi connectivity index (χ0n) is 11.0. The molecule has 106 valence electrons. The van der Waals surface area contributed by atoms with Gasteiger partial charge in [-0.25, -0.2) is 4.79 Å². The molecule has 0 bridgehead atoms. The molecule has 0 saturated carbocycles. The summed E-state index contributed by atoms with van der Waals surface area (Å²) < 4.78 is 3.07. The van der Waals surface area contributed by atoms with E-state index in [-0.39, 0.29) is 11.3 Å². The summed E-state index contributed by atoms with van der Waals surface area (Å²) >= 11 is 0.